The van der Waals surface area contributed by atoms with Crippen LogP contribution in [0.2, 0.25) is 0 Å². The van der Waals surface area contributed by atoms with Crippen LogP contribution in [-0.2, 0) is 11.2 Å². The number of aryl methyl sites for hydroxylation is 1. The van der Waals surface area contributed by atoms with Gasteiger partial charge in [0, 0.05) is 12.6 Å². The summed E-state index contributed by atoms with van der Waals surface area (Å²) in [6.07, 6.45) is 1.92. The van der Waals surface area contributed by atoms with E-state index in [1.807, 2.05) is 19.1 Å². The third-order valence-corrected chi connectivity index (χ3v) is 3.73. The Hall–Kier alpha value is -1.55. The lowest BCUT2D eigenvalue weighted by atomic mass is 10.1. The summed E-state index contributed by atoms with van der Waals surface area (Å²) in [4.78, 5) is 12.0. The van der Waals surface area contributed by atoms with Crippen LogP contribution < -0.4 is 10.6 Å². The zero-order valence-corrected chi connectivity index (χ0v) is 12.4. The number of hydrogen-bond acceptors (Lipinski definition) is 3. The number of phenolic OH excluding ortho intramolecular Hbond substituents is 1. The molecule has 4 nitrogen and oxygen atoms in total. The molecule has 20 heavy (non-hydrogen) atoms. The average Bonchev–Trinajstić information content (AvgIpc) is 2.78. The lowest BCUT2D eigenvalue weighted by Crippen LogP contribution is -2.44. The van der Waals surface area contributed by atoms with Gasteiger partial charge in [-0.3, -0.25) is 10.1 Å². The molecule has 0 spiro atoms. The Balaban J connectivity index is 1.93. The third-order valence-electron chi connectivity index (χ3n) is 3.73. The van der Waals surface area contributed by atoms with Gasteiger partial charge in [-0.2, -0.15) is 0 Å². The molecule has 0 fully saturated rings. The molecule has 0 bridgehead atoms. The molecule has 0 aromatic heterocycles. The first-order valence-corrected chi connectivity index (χ1v) is 7.33. The molecule has 0 radical (unpaired) electrons. The number of nitrogens with one attached hydrogen (secondary N) is 2. The molecule has 1 aliphatic rings. The predicted molar refractivity (Wildman–Crippen MR) is 79.6 cm³/mol. The van der Waals surface area contributed by atoms with E-state index in [0.29, 0.717) is 18.2 Å². The molecule has 4 heteroatoms. The summed E-state index contributed by atoms with van der Waals surface area (Å²) in [5.74, 6) is 0.819. The van der Waals surface area contributed by atoms with Crippen molar-refractivity contribution in [2.24, 2.45) is 5.92 Å². The SMILES string of the molecule is CC(C)CNC(=O)C(C)NC1CCc2cc(O)ccc21. The van der Waals surface area contributed by atoms with Gasteiger partial charge in [0.15, 0.2) is 0 Å². The van der Waals surface area contributed by atoms with Gasteiger partial charge in [0.2, 0.25) is 5.91 Å². The molecule has 0 heterocycles. The Morgan fingerprint density at radius 3 is 2.85 bits per heavy atom. The van der Waals surface area contributed by atoms with Crippen molar-refractivity contribution in [2.75, 3.05) is 6.54 Å². The van der Waals surface area contributed by atoms with Gasteiger partial charge in [-0.15, -0.1) is 0 Å². The normalized spacial score (nSPS) is 18.9. The van der Waals surface area contributed by atoms with Crippen molar-refractivity contribution >= 4 is 5.91 Å². The van der Waals surface area contributed by atoms with Crippen molar-refractivity contribution in [2.45, 2.75) is 45.7 Å². The number of carbonyl (C=O) groups is 1. The quantitative estimate of drug-likeness (QED) is 0.772. The van der Waals surface area contributed by atoms with Crippen LogP contribution in [0.1, 0.15) is 44.4 Å². The maximum Gasteiger partial charge on any atom is 0.236 e. The van der Waals surface area contributed by atoms with Crippen molar-refractivity contribution in [3.63, 3.8) is 0 Å². The molecule has 1 aromatic carbocycles. The first-order valence-electron chi connectivity index (χ1n) is 7.33. The average molecular weight is 276 g/mol. The van der Waals surface area contributed by atoms with E-state index in [2.05, 4.69) is 24.5 Å². The fourth-order valence-electron chi connectivity index (χ4n) is 2.61. The standard InChI is InChI=1S/C16H24N2O2/c1-10(2)9-17-16(20)11(3)18-15-7-4-12-8-13(19)5-6-14(12)15/h5-6,8,10-11,15,18-19H,4,7,9H2,1-3H3,(H,17,20). The highest BCUT2D eigenvalue weighted by Gasteiger charge is 2.25. The Kier molecular flexibility index (Phi) is 4.65. The van der Waals surface area contributed by atoms with Crippen LogP contribution in [0.25, 0.3) is 0 Å². The number of fused-ring (bicyclic) bond motifs is 1. The molecule has 2 atom stereocenters. The van der Waals surface area contributed by atoms with E-state index in [0.717, 1.165) is 12.8 Å². The smallest absolute Gasteiger partial charge is 0.236 e. The Labute approximate surface area is 120 Å². The molecule has 0 aliphatic heterocycles. The summed E-state index contributed by atoms with van der Waals surface area (Å²) in [5, 5.41) is 15.8. The van der Waals surface area contributed by atoms with Crippen LogP contribution in [0.5, 0.6) is 5.75 Å². The maximum absolute atomic E-state index is 12.0. The van der Waals surface area contributed by atoms with E-state index in [1.165, 1.54) is 11.1 Å². The second kappa shape index (κ2) is 6.27. The van der Waals surface area contributed by atoms with Crippen LogP contribution in [0.3, 0.4) is 0 Å². The fourth-order valence-corrected chi connectivity index (χ4v) is 2.61. The van der Waals surface area contributed by atoms with Crippen molar-refractivity contribution in [1.82, 2.24) is 10.6 Å². The van der Waals surface area contributed by atoms with Crippen LogP contribution in [0, 0.1) is 5.92 Å². The second-order valence-corrected chi connectivity index (χ2v) is 6.00. The van der Waals surface area contributed by atoms with E-state index in [-0.39, 0.29) is 18.0 Å². The number of amides is 1. The summed E-state index contributed by atoms with van der Waals surface area (Å²) in [5.41, 5.74) is 2.38. The van der Waals surface area contributed by atoms with Gasteiger partial charge >= 0.3 is 0 Å². The van der Waals surface area contributed by atoms with Crippen LogP contribution >= 0.6 is 0 Å². The van der Waals surface area contributed by atoms with E-state index in [9.17, 15) is 9.90 Å². The Bertz CT molecular complexity index is 485. The van der Waals surface area contributed by atoms with E-state index >= 15 is 0 Å². The van der Waals surface area contributed by atoms with Crippen molar-refractivity contribution < 1.29 is 9.90 Å². The van der Waals surface area contributed by atoms with Gasteiger partial charge in [0.05, 0.1) is 6.04 Å². The summed E-state index contributed by atoms with van der Waals surface area (Å²) in [6, 6.07) is 5.47. The predicted octanol–water partition coefficient (Wildman–Crippen LogP) is 2.13. The highest BCUT2D eigenvalue weighted by molar-refractivity contribution is 5.81. The van der Waals surface area contributed by atoms with Gasteiger partial charge in [0.25, 0.3) is 0 Å². The molecule has 1 aliphatic carbocycles. The summed E-state index contributed by atoms with van der Waals surface area (Å²) >= 11 is 0. The van der Waals surface area contributed by atoms with Gasteiger partial charge in [-0.25, -0.2) is 0 Å². The van der Waals surface area contributed by atoms with Gasteiger partial charge in [-0.1, -0.05) is 19.9 Å². The number of rotatable bonds is 5. The molecule has 2 unspecified atom stereocenters. The second-order valence-electron chi connectivity index (χ2n) is 6.00. The molecule has 1 aromatic rings. The van der Waals surface area contributed by atoms with Crippen LogP contribution in [-0.4, -0.2) is 23.6 Å². The lowest BCUT2D eigenvalue weighted by Gasteiger charge is -2.20. The molecule has 1 amide bonds. The minimum absolute atomic E-state index is 0.0472. The molecule has 110 valence electrons. The fraction of sp³-hybridized carbons (Fsp3) is 0.562. The van der Waals surface area contributed by atoms with E-state index in [1.54, 1.807) is 6.07 Å². The number of benzene rings is 1. The summed E-state index contributed by atoms with van der Waals surface area (Å²) < 4.78 is 0. The van der Waals surface area contributed by atoms with Crippen molar-refractivity contribution in [3.05, 3.63) is 29.3 Å². The Morgan fingerprint density at radius 2 is 2.15 bits per heavy atom. The molecule has 0 saturated heterocycles. The zero-order chi connectivity index (χ0) is 14.7. The number of aromatic hydroxyl groups is 1. The first-order chi connectivity index (χ1) is 9.47. The van der Waals surface area contributed by atoms with E-state index in [4.69, 9.17) is 0 Å². The number of hydrogen-bond donors (Lipinski definition) is 3. The summed E-state index contributed by atoms with van der Waals surface area (Å²) in [6.45, 7) is 6.77. The topological polar surface area (TPSA) is 61.4 Å². The molecule has 3 N–H and O–H groups in total. The molecular formula is C16H24N2O2. The van der Waals surface area contributed by atoms with Crippen LogP contribution in [0.4, 0.5) is 0 Å². The molecule has 2 rings (SSSR count). The zero-order valence-electron chi connectivity index (χ0n) is 12.4. The van der Waals surface area contributed by atoms with Gasteiger partial charge < -0.3 is 10.4 Å². The van der Waals surface area contributed by atoms with Crippen molar-refractivity contribution in [1.29, 1.82) is 0 Å². The number of phenols is 1. The lowest BCUT2D eigenvalue weighted by molar-refractivity contribution is -0.123. The highest BCUT2D eigenvalue weighted by Crippen LogP contribution is 2.33. The minimum Gasteiger partial charge on any atom is -0.508 e. The Morgan fingerprint density at radius 1 is 1.40 bits per heavy atom. The summed E-state index contributed by atoms with van der Waals surface area (Å²) in [7, 11) is 0. The van der Waals surface area contributed by atoms with Crippen molar-refractivity contribution in [3.8, 4) is 5.75 Å². The van der Waals surface area contributed by atoms with Gasteiger partial charge in [-0.05, 0) is 48.9 Å². The monoisotopic (exact) mass is 276 g/mol. The third kappa shape index (κ3) is 3.51. The first kappa shape index (κ1) is 14.9. The number of carbonyl (C=O) groups excluding carboxylic acids is 1. The van der Waals surface area contributed by atoms with Gasteiger partial charge in [0.1, 0.15) is 5.75 Å². The maximum atomic E-state index is 12.0. The minimum atomic E-state index is -0.210. The largest absolute Gasteiger partial charge is 0.508 e. The molecular weight excluding hydrogens is 252 g/mol. The highest BCUT2D eigenvalue weighted by atomic mass is 16.3. The van der Waals surface area contributed by atoms with Crippen LogP contribution in [0.15, 0.2) is 18.2 Å². The molecule has 0 saturated carbocycles. The van der Waals surface area contributed by atoms with E-state index < -0.39 is 0 Å².